The number of benzene rings is 1. The Morgan fingerprint density at radius 2 is 2.28 bits per heavy atom. The van der Waals surface area contributed by atoms with Crippen LogP contribution in [0.4, 0.5) is 4.79 Å². The van der Waals surface area contributed by atoms with E-state index in [0.29, 0.717) is 23.3 Å². The molecule has 1 aliphatic heterocycles. The number of H-pyrrole nitrogens is 1. The molecule has 1 fully saturated rings. The molecular formula is C18H24N4O3. The van der Waals surface area contributed by atoms with E-state index >= 15 is 0 Å². The van der Waals surface area contributed by atoms with Crippen LogP contribution in [0.3, 0.4) is 0 Å². The van der Waals surface area contributed by atoms with Gasteiger partial charge in [0.2, 0.25) is 0 Å². The number of hydrogen-bond acceptors (Lipinski definition) is 4. The first kappa shape index (κ1) is 17.4. The Morgan fingerprint density at radius 1 is 1.48 bits per heavy atom. The number of para-hydroxylation sites is 1. The number of nitrogens with one attached hydrogen (secondary N) is 2. The summed E-state index contributed by atoms with van der Waals surface area (Å²) in [6.45, 7) is 5.37. The van der Waals surface area contributed by atoms with E-state index in [1.807, 2.05) is 19.9 Å². The monoisotopic (exact) mass is 344 g/mol. The molecule has 2 heterocycles. The number of carbonyl (C=O) groups excluding carboxylic acids is 1. The zero-order chi connectivity index (χ0) is 17.8. The van der Waals surface area contributed by atoms with Crippen molar-refractivity contribution in [1.29, 1.82) is 0 Å². The lowest BCUT2D eigenvalue weighted by atomic mass is 10.1. The molecule has 3 rings (SSSR count). The number of urea groups is 1. The summed E-state index contributed by atoms with van der Waals surface area (Å²) in [6, 6.07) is 6.94. The minimum atomic E-state index is -0.190. The Morgan fingerprint density at radius 3 is 3.00 bits per heavy atom. The molecule has 0 bridgehead atoms. The number of rotatable bonds is 5. The van der Waals surface area contributed by atoms with Crippen molar-refractivity contribution in [3.05, 3.63) is 40.4 Å². The van der Waals surface area contributed by atoms with Crippen molar-refractivity contribution >= 4 is 16.9 Å². The molecular weight excluding hydrogens is 320 g/mol. The van der Waals surface area contributed by atoms with Gasteiger partial charge in [0.25, 0.3) is 5.56 Å². The average Bonchev–Trinajstić information content (AvgIpc) is 3.14. The van der Waals surface area contributed by atoms with Gasteiger partial charge in [-0.15, -0.1) is 0 Å². The maximum Gasteiger partial charge on any atom is 0.318 e. The Hall–Kier alpha value is -2.41. The van der Waals surface area contributed by atoms with E-state index in [9.17, 15) is 9.59 Å². The molecule has 7 nitrogen and oxygen atoms in total. The molecule has 0 aliphatic carbocycles. The van der Waals surface area contributed by atoms with Gasteiger partial charge < -0.3 is 19.9 Å². The van der Waals surface area contributed by atoms with Crippen molar-refractivity contribution in [2.45, 2.75) is 45.4 Å². The molecule has 0 radical (unpaired) electrons. The quantitative estimate of drug-likeness (QED) is 0.869. The van der Waals surface area contributed by atoms with E-state index in [4.69, 9.17) is 4.74 Å². The molecule has 2 aromatic rings. The molecule has 1 aromatic heterocycles. The van der Waals surface area contributed by atoms with E-state index < -0.39 is 0 Å². The molecule has 2 N–H and O–H groups in total. The zero-order valence-electron chi connectivity index (χ0n) is 14.6. The summed E-state index contributed by atoms with van der Waals surface area (Å²) in [5.74, 6) is 0.477. The highest BCUT2D eigenvalue weighted by Gasteiger charge is 2.25. The summed E-state index contributed by atoms with van der Waals surface area (Å²) in [5.41, 5.74) is 0.440. The van der Waals surface area contributed by atoms with Crippen LogP contribution in [0.1, 0.15) is 32.5 Å². The van der Waals surface area contributed by atoms with E-state index in [0.717, 1.165) is 19.4 Å². The highest BCUT2D eigenvalue weighted by atomic mass is 16.5. The molecule has 1 aromatic carbocycles. The predicted octanol–water partition coefficient (Wildman–Crippen LogP) is 2.02. The fourth-order valence-electron chi connectivity index (χ4n) is 3.09. The number of amides is 2. The van der Waals surface area contributed by atoms with Gasteiger partial charge in [-0.3, -0.25) is 4.79 Å². The van der Waals surface area contributed by atoms with Gasteiger partial charge in [-0.1, -0.05) is 12.1 Å². The zero-order valence-corrected chi connectivity index (χ0v) is 14.6. The van der Waals surface area contributed by atoms with Gasteiger partial charge in [0.05, 0.1) is 29.6 Å². The summed E-state index contributed by atoms with van der Waals surface area (Å²) in [4.78, 5) is 33.5. The van der Waals surface area contributed by atoms with E-state index in [-0.39, 0.29) is 30.3 Å². The number of hydrogen-bond donors (Lipinski definition) is 2. The number of carbonyl (C=O) groups is 1. The van der Waals surface area contributed by atoms with Gasteiger partial charge in [-0.2, -0.15) is 0 Å². The van der Waals surface area contributed by atoms with Gasteiger partial charge >= 0.3 is 6.03 Å². The minimum absolute atomic E-state index is 0.0485. The standard InChI is InChI=1S/C18H24N4O3/c1-3-22(18(24)19-12(2)15-9-6-10-25-15)11-16-20-14-8-5-4-7-13(14)17(23)21-16/h4-5,7-8,12,15H,3,6,9-11H2,1-2H3,(H,19,24)(H,20,21,23). The Balaban J connectivity index is 1.71. The first-order chi connectivity index (χ1) is 12.1. The number of ether oxygens (including phenoxy) is 1. The summed E-state index contributed by atoms with van der Waals surface area (Å²) in [7, 11) is 0. The summed E-state index contributed by atoms with van der Waals surface area (Å²) in [6.07, 6.45) is 2.07. The smallest absolute Gasteiger partial charge is 0.318 e. The molecule has 2 atom stereocenters. The fraction of sp³-hybridized carbons (Fsp3) is 0.500. The number of nitrogens with zero attached hydrogens (tertiary/aromatic N) is 2. The van der Waals surface area contributed by atoms with Crippen molar-refractivity contribution in [3.8, 4) is 0 Å². The third-order valence-electron chi connectivity index (χ3n) is 4.55. The van der Waals surface area contributed by atoms with Crippen LogP contribution in [-0.2, 0) is 11.3 Å². The van der Waals surface area contributed by atoms with Gasteiger partial charge in [0.1, 0.15) is 5.82 Å². The normalized spacial score (nSPS) is 18.2. The first-order valence-corrected chi connectivity index (χ1v) is 8.73. The molecule has 134 valence electrons. The third kappa shape index (κ3) is 3.99. The van der Waals surface area contributed by atoms with E-state index in [1.54, 1.807) is 23.1 Å². The van der Waals surface area contributed by atoms with Crippen molar-refractivity contribution in [2.75, 3.05) is 13.2 Å². The molecule has 1 aliphatic rings. The predicted molar refractivity (Wildman–Crippen MR) is 95.4 cm³/mol. The fourth-order valence-corrected chi connectivity index (χ4v) is 3.09. The summed E-state index contributed by atoms with van der Waals surface area (Å²) < 4.78 is 5.62. The molecule has 7 heteroatoms. The Bertz CT molecular complexity index is 798. The number of fused-ring (bicyclic) bond motifs is 1. The Kier molecular flexibility index (Phi) is 5.33. The first-order valence-electron chi connectivity index (χ1n) is 8.73. The SMILES string of the molecule is CCN(Cc1nc2ccccc2c(=O)[nH]1)C(=O)NC(C)C1CCCO1. The van der Waals surface area contributed by atoms with Crippen molar-refractivity contribution < 1.29 is 9.53 Å². The lowest BCUT2D eigenvalue weighted by Crippen LogP contribution is -2.47. The van der Waals surface area contributed by atoms with Crippen molar-refractivity contribution in [1.82, 2.24) is 20.2 Å². The van der Waals surface area contributed by atoms with Crippen LogP contribution in [0.5, 0.6) is 0 Å². The lowest BCUT2D eigenvalue weighted by Gasteiger charge is -2.26. The maximum atomic E-state index is 12.5. The van der Waals surface area contributed by atoms with Crippen LogP contribution in [-0.4, -0.2) is 46.2 Å². The van der Waals surface area contributed by atoms with Crippen LogP contribution >= 0.6 is 0 Å². The van der Waals surface area contributed by atoms with Crippen LogP contribution in [0.2, 0.25) is 0 Å². The van der Waals surface area contributed by atoms with Gasteiger partial charge in [0.15, 0.2) is 0 Å². The Labute approximate surface area is 146 Å². The van der Waals surface area contributed by atoms with Gasteiger partial charge in [0, 0.05) is 13.2 Å². The summed E-state index contributed by atoms with van der Waals surface area (Å²) >= 11 is 0. The van der Waals surface area contributed by atoms with Crippen LogP contribution in [0.15, 0.2) is 29.1 Å². The summed E-state index contributed by atoms with van der Waals surface area (Å²) in [5, 5.41) is 3.53. The van der Waals surface area contributed by atoms with Crippen LogP contribution in [0, 0.1) is 0 Å². The van der Waals surface area contributed by atoms with Crippen LogP contribution in [0.25, 0.3) is 10.9 Å². The molecule has 1 saturated heterocycles. The third-order valence-corrected chi connectivity index (χ3v) is 4.55. The number of aromatic nitrogens is 2. The van der Waals surface area contributed by atoms with Gasteiger partial charge in [-0.25, -0.2) is 9.78 Å². The van der Waals surface area contributed by atoms with Crippen LogP contribution < -0.4 is 10.9 Å². The minimum Gasteiger partial charge on any atom is -0.376 e. The average molecular weight is 344 g/mol. The lowest BCUT2D eigenvalue weighted by molar-refractivity contribution is 0.0831. The van der Waals surface area contributed by atoms with E-state index in [1.165, 1.54) is 0 Å². The molecule has 2 amide bonds. The second-order valence-electron chi connectivity index (χ2n) is 6.33. The molecule has 2 unspecified atom stereocenters. The highest BCUT2D eigenvalue weighted by Crippen LogP contribution is 2.15. The second-order valence-corrected chi connectivity index (χ2v) is 6.33. The topological polar surface area (TPSA) is 87.3 Å². The molecule has 0 saturated carbocycles. The second kappa shape index (κ2) is 7.65. The highest BCUT2D eigenvalue weighted by molar-refractivity contribution is 5.77. The maximum absolute atomic E-state index is 12.5. The largest absolute Gasteiger partial charge is 0.376 e. The molecule has 25 heavy (non-hydrogen) atoms. The number of aromatic amines is 1. The van der Waals surface area contributed by atoms with Crippen molar-refractivity contribution in [3.63, 3.8) is 0 Å². The van der Waals surface area contributed by atoms with E-state index in [2.05, 4.69) is 15.3 Å². The van der Waals surface area contributed by atoms with Gasteiger partial charge in [-0.05, 0) is 38.8 Å². The van der Waals surface area contributed by atoms with Crippen molar-refractivity contribution in [2.24, 2.45) is 0 Å². The molecule has 0 spiro atoms.